The van der Waals surface area contributed by atoms with Gasteiger partial charge in [0, 0.05) is 6.42 Å². The van der Waals surface area contributed by atoms with Gasteiger partial charge in [0.05, 0.1) is 32.8 Å². The number of benzene rings is 2. The number of phenols is 1. The lowest BCUT2D eigenvalue weighted by Crippen LogP contribution is -2.58. The predicted octanol–water partition coefficient (Wildman–Crippen LogP) is -0.204. The number of aliphatic hydroxyl groups is 5. The van der Waals surface area contributed by atoms with Crippen LogP contribution in [0, 0.1) is 5.92 Å². The number of carbonyl (C=O) groups is 1. The Kier molecular flexibility index (Phi) is 8.02. The van der Waals surface area contributed by atoms with Crippen molar-refractivity contribution in [3.63, 3.8) is 0 Å². The lowest BCUT2D eigenvalue weighted by atomic mass is 9.80. The van der Waals surface area contributed by atoms with E-state index in [-0.39, 0.29) is 29.4 Å². The molecule has 2 aliphatic rings. The van der Waals surface area contributed by atoms with Gasteiger partial charge in [0.1, 0.15) is 24.4 Å². The van der Waals surface area contributed by atoms with Crippen molar-refractivity contribution in [2.75, 3.05) is 20.8 Å². The minimum atomic E-state index is -2.09. The Morgan fingerprint density at radius 1 is 0.947 bits per heavy atom. The number of ether oxygens (including phenoxy) is 5. The second-order valence-electron chi connectivity index (χ2n) is 9.43. The van der Waals surface area contributed by atoms with E-state index in [1.54, 1.807) is 6.07 Å². The van der Waals surface area contributed by atoms with Crippen LogP contribution in [0.4, 0.5) is 0 Å². The molecule has 2 aliphatic heterocycles. The van der Waals surface area contributed by atoms with Crippen LogP contribution in [0.1, 0.15) is 24.2 Å². The quantitative estimate of drug-likeness (QED) is 0.245. The first-order valence-corrected chi connectivity index (χ1v) is 12.0. The first kappa shape index (κ1) is 27.9. The second-order valence-corrected chi connectivity index (χ2v) is 9.43. The van der Waals surface area contributed by atoms with Gasteiger partial charge >= 0.3 is 5.97 Å². The third-order valence-electron chi connectivity index (χ3n) is 7.05. The summed E-state index contributed by atoms with van der Waals surface area (Å²) >= 11 is 0. The summed E-state index contributed by atoms with van der Waals surface area (Å²) in [7, 11) is 2.74. The zero-order valence-corrected chi connectivity index (χ0v) is 21.1. The van der Waals surface area contributed by atoms with Gasteiger partial charge in [-0.15, -0.1) is 0 Å². The molecule has 8 atom stereocenters. The summed E-state index contributed by atoms with van der Waals surface area (Å²) in [6.07, 6.45) is -7.61. The average molecular weight is 537 g/mol. The van der Waals surface area contributed by atoms with E-state index < -0.39 is 60.9 Å². The van der Waals surface area contributed by atoms with Gasteiger partial charge in [-0.05, 0) is 42.3 Å². The van der Waals surface area contributed by atoms with Gasteiger partial charge in [0.25, 0.3) is 0 Å². The van der Waals surface area contributed by atoms with Gasteiger partial charge in [0.2, 0.25) is 6.29 Å². The van der Waals surface area contributed by atoms with E-state index in [0.717, 1.165) is 0 Å². The van der Waals surface area contributed by atoms with E-state index in [1.165, 1.54) is 51.5 Å². The molecule has 2 aromatic carbocycles. The summed E-state index contributed by atoms with van der Waals surface area (Å²) in [5, 5.41) is 61.6. The maximum absolute atomic E-state index is 12.9. The molecule has 12 nitrogen and oxygen atoms in total. The number of esters is 1. The smallest absolute Gasteiger partial charge is 0.339 e. The highest BCUT2D eigenvalue weighted by molar-refractivity contribution is 5.83. The minimum absolute atomic E-state index is 0.114. The highest BCUT2D eigenvalue weighted by atomic mass is 16.7. The Morgan fingerprint density at radius 3 is 2.32 bits per heavy atom. The van der Waals surface area contributed by atoms with E-state index in [0.29, 0.717) is 11.1 Å². The van der Waals surface area contributed by atoms with E-state index in [4.69, 9.17) is 23.7 Å². The predicted molar refractivity (Wildman–Crippen MR) is 129 cm³/mol. The fourth-order valence-corrected chi connectivity index (χ4v) is 4.79. The minimum Gasteiger partial charge on any atom is -0.504 e. The molecule has 0 radical (unpaired) electrons. The number of hydrogen-bond donors (Lipinski definition) is 6. The van der Waals surface area contributed by atoms with Crippen molar-refractivity contribution in [2.24, 2.45) is 5.92 Å². The molecule has 6 N–H and O–H groups in total. The highest BCUT2D eigenvalue weighted by Gasteiger charge is 2.56. The monoisotopic (exact) mass is 536 g/mol. The number of carbonyl (C=O) groups excluding carboxylic acids is 1. The van der Waals surface area contributed by atoms with Gasteiger partial charge in [-0.1, -0.05) is 12.1 Å². The van der Waals surface area contributed by atoms with Crippen LogP contribution in [-0.2, 0) is 20.7 Å². The Hall–Kier alpha value is -3.13. The lowest BCUT2D eigenvalue weighted by Gasteiger charge is -2.39. The maximum Gasteiger partial charge on any atom is 0.339 e. The molecule has 38 heavy (non-hydrogen) atoms. The SMILES string of the molecule is COc1cc(C2OC(=O)C(O)(Cc3ccc(OC4O[C@@H](C)[C@H](O)[C@@H](O)[C@H]4O)c(OC)c3)C2CO)ccc1O. The molecule has 2 saturated heterocycles. The first-order chi connectivity index (χ1) is 18.0. The topological polar surface area (TPSA) is 185 Å². The molecule has 2 fully saturated rings. The van der Waals surface area contributed by atoms with Gasteiger partial charge in [-0.3, -0.25) is 0 Å². The molecule has 2 heterocycles. The molecule has 12 heteroatoms. The van der Waals surface area contributed by atoms with E-state index >= 15 is 0 Å². The van der Waals surface area contributed by atoms with Crippen molar-refractivity contribution in [1.29, 1.82) is 0 Å². The lowest BCUT2D eigenvalue weighted by molar-refractivity contribution is -0.268. The number of rotatable bonds is 8. The van der Waals surface area contributed by atoms with Crippen LogP contribution >= 0.6 is 0 Å². The number of methoxy groups -OCH3 is 2. The summed E-state index contributed by atoms with van der Waals surface area (Å²) < 4.78 is 27.1. The molecule has 4 unspecified atom stereocenters. The molecule has 4 rings (SSSR count). The summed E-state index contributed by atoms with van der Waals surface area (Å²) in [6, 6.07) is 8.89. The van der Waals surface area contributed by atoms with Gasteiger partial charge in [-0.2, -0.15) is 0 Å². The van der Waals surface area contributed by atoms with E-state index in [9.17, 15) is 35.4 Å². The zero-order chi connectivity index (χ0) is 27.8. The summed E-state index contributed by atoms with van der Waals surface area (Å²) in [5.74, 6) is -1.60. The Balaban J connectivity index is 1.56. The molecule has 0 aromatic heterocycles. The van der Waals surface area contributed by atoms with Crippen molar-refractivity contribution in [3.8, 4) is 23.0 Å². The third kappa shape index (κ3) is 4.98. The van der Waals surface area contributed by atoms with Crippen LogP contribution in [0.15, 0.2) is 36.4 Å². The Labute approximate surface area is 218 Å². The number of aliphatic hydroxyl groups excluding tert-OH is 4. The van der Waals surface area contributed by atoms with Crippen molar-refractivity contribution < 1.29 is 59.1 Å². The fraction of sp³-hybridized carbons (Fsp3) is 0.500. The van der Waals surface area contributed by atoms with Gasteiger partial charge in [-0.25, -0.2) is 4.79 Å². The summed E-state index contributed by atoms with van der Waals surface area (Å²) in [6.45, 7) is 0.953. The number of aromatic hydroxyl groups is 1. The third-order valence-corrected chi connectivity index (χ3v) is 7.05. The molecule has 0 bridgehead atoms. The van der Waals surface area contributed by atoms with E-state index in [1.807, 2.05) is 0 Å². The van der Waals surface area contributed by atoms with Crippen molar-refractivity contribution in [2.45, 2.75) is 55.8 Å². The van der Waals surface area contributed by atoms with Crippen molar-refractivity contribution >= 4 is 5.97 Å². The van der Waals surface area contributed by atoms with Crippen LogP contribution in [0.5, 0.6) is 23.0 Å². The normalized spacial score (nSPS) is 33.1. The van der Waals surface area contributed by atoms with Gasteiger partial charge < -0.3 is 54.3 Å². The zero-order valence-electron chi connectivity index (χ0n) is 21.1. The summed E-state index contributed by atoms with van der Waals surface area (Å²) in [5.41, 5.74) is -1.21. The maximum atomic E-state index is 12.9. The highest BCUT2D eigenvalue weighted by Crippen LogP contribution is 2.45. The van der Waals surface area contributed by atoms with E-state index in [2.05, 4.69) is 0 Å². The van der Waals surface area contributed by atoms with Crippen LogP contribution in [-0.4, -0.2) is 93.7 Å². The van der Waals surface area contributed by atoms with Gasteiger partial charge in [0.15, 0.2) is 28.6 Å². The van der Waals surface area contributed by atoms with Crippen LogP contribution in [0.3, 0.4) is 0 Å². The Bertz CT molecular complexity index is 1160. The largest absolute Gasteiger partial charge is 0.504 e. The molecule has 0 amide bonds. The van der Waals surface area contributed by atoms with Crippen molar-refractivity contribution in [1.82, 2.24) is 0 Å². The average Bonchev–Trinajstić information content (AvgIpc) is 3.15. The molecule has 2 aromatic rings. The molecule has 0 aliphatic carbocycles. The van der Waals surface area contributed by atoms with Crippen LogP contribution < -0.4 is 14.2 Å². The first-order valence-electron chi connectivity index (χ1n) is 12.0. The number of phenolic OH excluding ortho intramolecular Hbond substituents is 1. The number of hydrogen-bond acceptors (Lipinski definition) is 12. The summed E-state index contributed by atoms with van der Waals surface area (Å²) in [4.78, 5) is 12.9. The molecule has 0 spiro atoms. The fourth-order valence-electron chi connectivity index (χ4n) is 4.79. The standard InChI is InChI=1S/C26H32O12/c1-12-20(29)21(30)22(31)24(36-12)37-17-7-4-13(8-19(17)35-3)10-26(33)15(11-27)23(38-25(26)32)14-5-6-16(28)18(9-14)34-2/h4-9,12,15,20-24,27-31,33H,10-11H2,1-3H3/t12-,15?,20-,21+,22+,23?,24?,26?/m0/s1. The second kappa shape index (κ2) is 10.9. The molecule has 208 valence electrons. The molecule has 0 saturated carbocycles. The number of cyclic esters (lactones) is 1. The molecular formula is C26H32O12. The van der Waals surface area contributed by atoms with Crippen molar-refractivity contribution in [3.05, 3.63) is 47.5 Å². The Morgan fingerprint density at radius 2 is 1.66 bits per heavy atom. The molecular weight excluding hydrogens is 504 g/mol. The van der Waals surface area contributed by atoms with Crippen LogP contribution in [0.2, 0.25) is 0 Å². The van der Waals surface area contributed by atoms with Crippen LogP contribution in [0.25, 0.3) is 0 Å².